The molecule has 0 spiro atoms. The Morgan fingerprint density at radius 2 is 1.57 bits per heavy atom. The Kier molecular flexibility index (Phi) is 6.69. The SMILES string of the molecule is COc1ccc(PC(=O)c2c(C)cc(C)cc2C)cc1.[H-].[Li+]. The minimum atomic E-state index is 0. The molecule has 0 saturated heterocycles. The van der Waals surface area contributed by atoms with E-state index in [1.165, 1.54) is 5.56 Å². The number of methoxy groups -OCH3 is 1. The van der Waals surface area contributed by atoms with Crippen molar-refractivity contribution >= 4 is 19.4 Å². The first-order valence-corrected chi connectivity index (χ1v) is 7.54. The third-order valence-corrected chi connectivity index (χ3v) is 4.35. The fourth-order valence-electron chi connectivity index (χ4n) is 2.41. The molecule has 0 heterocycles. The Balaban J connectivity index is 0.00000220. The molecule has 0 N–H and O–H groups in total. The smallest absolute Gasteiger partial charge is 1.00 e. The average molecular weight is 294 g/mol. The van der Waals surface area contributed by atoms with Crippen molar-refractivity contribution in [3.63, 3.8) is 0 Å². The standard InChI is InChI=1S/C17H19O2P.Li.H/c1-11-9-12(2)16(13(3)10-11)17(18)20-15-7-5-14(19-4)6-8-15;;/h5-10,20H,1-4H3;;/q;+1;-1. The van der Waals surface area contributed by atoms with Crippen LogP contribution in [0.3, 0.4) is 0 Å². The molecule has 4 heteroatoms. The minimum Gasteiger partial charge on any atom is -1.00 e. The number of aryl methyl sites for hydroxylation is 3. The maximum atomic E-state index is 12.5. The molecule has 2 rings (SSSR count). The Labute approximate surface area is 141 Å². The quantitative estimate of drug-likeness (QED) is 0.618. The molecular weight excluding hydrogens is 274 g/mol. The number of hydrogen-bond donors (Lipinski definition) is 0. The zero-order valence-corrected chi connectivity index (χ0v) is 14.3. The summed E-state index contributed by atoms with van der Waals surface area (Å²) in [6.07, 6.45) is 0. The summed E-state index contributed by atoms with van der Waals surface area (Å²) in [5, 5.41) is 1.04. The van der Waals surface area contributed by atoms with E-state index in [2.05, 4.69) is 19.1 Å². The molecule has 1 atom stereocenters. The van der Waals surface area contributed by atoms with E-state index in [9.17, 15) is 4.79 Å². The van der Waals surface area contributed by atoms with Crippen molar-refractivity contribution in [2.24, 2.45) is 0 Å². The second kappa shape index (κ2) is 7.81. The fraction of sp³-hybridized carbons (Fsp3) is 0.235. The summed E-state index contributed by atoms with van der Waals surface area (Å²) in [7, 11) is 1.79. The summed E-state index contributed by atoms with van der Waals surface area (Å²) >= 11 is 0. The summed E-state index contributed by atoms with van der Waals surface area (Å²) in [4.78, 5) is 12.5. The number of rotatable bonds is 4. The topological polar surface area (TPSA) is 26.3 Å². The number of ether oxygens (including phenoxy) is 1. The van der Waals surface area contributed by atoms with Gasteiger partial charge in [-0.2, -0.15) is 0 Å². The van der Waals surface area contributed by atoms with Crippen molar-refractivity contribution in [1.82, 2.24) is 0 Å². The monoisotopic (exact) mass is 294 g/mol. The average Bonchev–Trinajstić information content (AvgIpc) is 2.38. The molecule has 0 saturated carbocycles. The molecule has 2 nitrogen and oxygen atoms in total. The molecule has 21 heavy (non-hydrogen) atoms. The second-order valence-corrected chi connectivity index (χ2v) is 6.24. The van der Waals surface area contributed by atoms with Gasteiger partial charge in [0.1, 0.15) is 5.75 Å². The predicted molar refractivity (Wildman–Crippen MR) is 87.0 cm³/mol. The third-order valence-electron chi connectivity index (χ3n) is 3.25. The molecule has 0 aliphatic rings. The first kappa shape index (κ1) is 18.0. The van der Waals surface area contributed by atoms with Gasteiger partial charge < -0.3 is 6.16 Å². The van der Waals surface area contributed by atoms with Crippen molar-refractivity contribution in [3.8, 4) is 5.75 Å². The van der Waals surface area contributed by atoms with Crippen LogP contribution in [0, 0.1) is 20.8 Å². The first-order chi connectivity index (χ1) is 9.51. The maximum Gasteiger partial charge on any atom is 1.00 e. The zero-order chi connectivity index (χ0) is 14.7. The van der Waals surface area contributed by atoms with Crippen LogP contribution < -0.4 is 28.9 Å². The fourth-order valence-corrected chi connectivity index (χ4v) is 3.52. The molecule has 0 amide bonds. The Bertz CT molecular complexity index is 619. The van der Waals surface area contributed by atoms with Gasteiger partial charge in [0.25, 0.3) is 0 Å². The summed E-state index contributed by atoms with van der Waals surface area (Å²) in [5.74, 6) is 0.814. The predicted octanol–water partition coefficient (Wildman–Crippen LogP) is 0.881. The normalized spacial score (nSPS) is 10.5. The number of hydrogen-bond acceptors (Lipinski definition) is 2. The molecule has 0 aliphatic heterocycles. The molecule has 0 fully saturated rings. The molecule has 0 aliphatic carbocycles. The van der Waals surface area contributed by atoms with Crippen LogP contribution in [0.5, 0.6) is 5.75 Å². The van der Waals surface area contributed by atoms with E-state index in [1.54, 1.807) is 7.11 Å². The van der Waals surface area contributed by atoms with Gasteiger partial charge >= 0.3 is 18.9 Å². The third kappa shape index (κ3) is 4.45. The van der Waals surface area contributed by atoms with Gasteiger partial charge in [-0.25, -0.2) is 0 Å². The van der Waals surface area contributed by atoms with E-state index >= 15 is 0 Å². The van der Waals surface area contributed by atoms with Crippen molar-refractivity contribution in [2.75, 3.05) is 7.11 Å². The van der Waals surface area contributed by atoms with Crippen LogP contribution >= 0.6 is 8.58 Å². The van der Waals surface area contributed by atoms with Crippen LogP contribution in [0.2, 0.25) is 0 Å². The van der Waals surface area contributed by atoms with Gasteiger partial charge in [0.15, 0.2) is 5.52 Å². The van der Waals surface area contributed by atoms with E-state index in [0.717, 1.165) is 27.7 Å². The number of carbonyl (C=O) groups is 1. The van der Waals surface area contributed by atoms with E-state index in [4.69, 9.17) is 4.74 Å². The molecule has 0 radical (unpaired) electrons. The molecule has 0 aromatic heterocycles. The van der Waals surface area contributed by atoms with Gasteiger partial charge in [-0.3, -0.25) is 4.79 Å². The molecule has 106 valence electrons. The van der Waals surface area contributed by atoms with Crippen LogP contribution in [0.1, 0.15) is 28.5 Å². The van der Waals surface area contributed by atoms with Gasteiger partial charge in [0.05, 0.1) is 7.11 Å². The van der Waals surface area contributed by atoms with Gasteiger partial charge in [-0.1, -0.05) is 29.8 Å². The first-order valence-electron chi connectivity index (χ1n) is 6.54. The molecule has 1 unspecified atom stereocenters. The molecule has 2 aromatic carbocycles. The van der Waals surface area contributed by atoms with E-state index in [0.29, 0.717) is 0 Å². The maximum absolute atomic E-state index is 12.5. The van der Waals surface area contributed by atoms with E-state index < -0.39 is 0 Å². The van der Waals surface area contributed by atoms with E-state index in [1.807, 2.05) is 38.1 Å². The molecular formula is C17H20LiO2P. The summed E-state index contributed by atoms with van der Waals surface area (Å²) < 4.78 is 5.13. The summed E-state index contributed by atoms with van der Waals surface area (Å²) in [6, 6.07) is 11.8. The Hall–Kier alpha value is -1.06. The minimum absolute atomic E-state index is 0. The second-order valence-electron chi connectivity index (χ2n) is 4.96. The van der Waals surface area contributed by atoms with Crippen LogP contribution in [0.4, 0.5) is 0 Å². The van der Waals surface area contributed by atoms with E-state index in [-0.39, 0.29) is 34.4 Å². The van der Waals surface area contributed by atoms with Crippen molar-refractivity contribution < 1.29 is 29.8 Å². The van der Waals surface area contributed by atoms with Gasteiger partial charge in [0, 0.05) is 5.56 Å². The largest absolute Gasteiger partial charge is 1.00 e. The van der Waals surface area contributed by atoms with Crippen molar-refractivity contribution in [1.29, 1.82) is 0 Å². The number of benzene rings is 2. The molecule has 2 aromatic rings. The zero-order valence-electron chi connectivity index (χ0n) is 14.3. The van der Waals surface area contributed by atoms with Crippen LogP contribution in [-0.2, 0) is 0 Å². The summed E-state index contributed by atoms with van der Waals surface area (Å²) in [5.41, 5.74) is 4.39. The van der Waals surface area contributed by atoms with Gasteiger partial charge in [-0.15, -0.1) is 0 Å². The van der Waals surface area contributed by atoms with Crippen molar-refractivity contribution in [2.45, 2.75) is 20.8 Å². The van der Waals surface area contributed by atoms with Crippen LogP contribution in [0.15, 0.2) is 36.4 Å². The van der Waals surface area contributed by atoms with Crippen molar-refractivity contribution in [3.05, 3.63) is 58.7 Å². The number of carbonyl (C=O) groups excluding carboxylic acids is 1. The van der Waals surface area contributed by atoms with Crippen LogP contribution in [0.25, 0.3) is 0 Å². The Morgan fingerprint density at radius 1 is 1.05 bits per heavy atom. The van der Waals surface area contributed by atoms with Gasteiger partial charge in [-0.05, 0) is 57.9 Å². The van der Waals surface area contributed by atoms with Gasteiger partial charge in [0.2, 0.25) is 0 Å². The van der Waals surface area contributed by atoms with Crippen LogP contribution in [-0.4, -0.2) is 12.6 Å². The summed E-state index contributed by atoms with van der Waals surface area (Å²) in [6.45, 7) is 6.07. The molecule has 0 bridgehead atoms. The Morgan fingerprint density at radius 3 is 2.05 bits per heavy atom.